The molecule has 1 aliphatic carbocycles. The van der Waals surface area contributed by atoms with Crippen LogP contribution in [0.15, 0.2) is 48.6 Å². The molecule has 0 bridgehead atoms. The van der Waals surface area contributed by atoms with Gasteiger partial charge >= 0.3 is 0 Å². The lowest BCUT2D eigenvalue weighted by molar-refractivity contribution is -0.149. The third kappa shape index (κ3) is 8.57. The van der Waals surface area contributed by atoms with Gasteiger partial charge in [0.25, 0.3) is 0 Å². The van der Waals surface area contributed by atoms with Gasteiger partial charge in [-0.1, -0.05) is 24.6 Å². The highest BCUT2D eigenvalue weighted by molar-refractivity contribution is 5.80. The average molecular weight is 624 g/mol. The molecule has 9 heteroatoms. The highest BCUT2D eigenvalue weighted by Crippen LogP contribution is 2.42. The van der Waals surface area contributed by atoms with Crippen LogP contribution in [0.5, 0.6) is 17.2 Å². The maximum atomic E-state index is 13.7. The first kappa shape index (κ1) is 33.2. The Balaban J connectivity index is 0.991. The van der Waals surface area contributed by atoms with Gasteiger partial charge in [0.05, 0.1) is 39.6 Å². The van der Waals surface area contributed by atoms with Gasteiger partial charge in [0.15, 0.2) is 11.5 Å². The summed E-state index contributed by atoms with van der Waals surface area (Å²) in [6.45, 7) is 2.60. The van der Waals surface area contributed by atoms with Gasteiger partial charge in [-0.3, -0.25) is 9.80 Å². The minimum Gasteiger partial charge on any atom is -0.496 e. The third-order valence-electron chi connectivity index (χ3n) is 9.61. The number of fused-ring (bicyclic) bond motifs is 1. The van der Waals surface area contributed by atoms with Crippen molar-refractivity contribution >= 4 is 5.91 Å². The number of benzene rings is 2. The summed E-state index contributed by atoms with van der Waals surface area (Å²) in [6, 6.07) is 10.8. The van der Waals surface area contributed by atoms with E-state index in [2.05, 4.69) is 29.0 Å². The number of ether oxygens (including phenoxy) is 4. The number of hydrazine groups is 1. The van der Waals surface area contributed by atoms with E-state index in [1.807, 2.05) is 17.1 Å². The molecule has 2 saturated heterocycles. The van der Waals surface area contributed by atoms with E-state index >= 15 is 0 Å². The van der Waals surface area contributed by atoms with Crippen LogP contribution in [-0.2, 0) is 16.0 Å². The molecule has 5 atom stereocenters. The van der Waals surface area contributed by atoms with Crippen LogP contribution in [0, 0.1) is 17.7 Å². The zero-order valence-corrected chi connectivity index (χ0v) is 27.1. The van der Waals surface area contributed by atoms with Crippen LogP contribution in [0.1, 0.15) is 75.0 Å². The summed E-state index contributed by atoms with van der Waals surface area (Å²) in [5, 5.41) is 5.44. The van der Waals surface area contributed by atoms with Gasteiger partial charge in [-0.15, -0.1) is 0 Å². The summed E-state index contributed by atoms with van der Waals surface area (Å²) in [7, 11) is 4.92. The van der Waals surface area contributed by atoms with Crippen molar-refractivity contribution in [2.45, 2.75) is 82.5 Å². The number of hydrogen-bond donors (Lipinski definition) is 2. The summed E-state index contributed by atoms with van der Waals surface area (Å²) in [5.74, 6) is 2.35. The molecule has 2 aliphatic heterocycles. The van der Waals surface area contributed by atoms with E-state index < -0.39 is 0 Å². The number of nitrogens with zero attached hydrogens (tertiary/aromatic N) is 1. The number of hydrogen-bond acceptors (Lipinski definition) is 7. The molecule has 3 aliphatic rings. The van der Waals surface area contributed by atoms with Crippen LogP contribution >= 0.6 is 0 Å². The number of methoxy groups -OCH3 is 3. The molecule has 8 nitrogen and oxygen atoms in total. The van der Waals surface area contributed by atoms with Crippen molar-refractivity contribution in [1.82, 2.24) is 15.8 Å². The fraction of sp³-hybridized carbons (Fsp3) is 0.583. The van der Waals surface area contributed by atoms with Gasteiger partial charge in [-0.05, 0) is 118 Å². The summed E-state index contributed by atoms with van der Waals surface area (Å²) >= 11 is 0. The first-order valence-electron chi connectivity index (χ1n) is 16.6. The number of allylic oxidation sites excluding steroid dienone is 2. The standard InChI is InChI=1S/C36H50FN3O5/c1-42-32-18-13-27(37)23-25(32)11-14-28-15-16-29(45-28)19-21-38-20-7-4-8-22-40-36(41)31-10-6-5-9-30(31)35(39-40)26-12-17-33(43-2)34(24-26)44-3/h5-6,12-13,17-18,23-24,28-31,35,38-39H,4,7-11,14-16,19-22H2,1-3H3. The maximum absolute atomic E-state index is 13.7. The molecule has 5 unspecified atom stereocenters. The van der Waals surface area contributed by atoms with Crippen LogP contribution in [-0.4, -0.2) is 64.1 Å². The number of unbranched alkanes of at least 4 members (excludes halogenated alkanes) is 2. The van der Waals surface area contributed by atoms with E-state index in [4.69, 9.17) is 18.9 Å². The lowest BCUT2D eigenvalue weighted by Gasteiger charge is -2.45. The van der Waals surface area contributed by atoms with E-state index in [9.17, 15) is 9.18 Å². The van der Waals surface area contributed by atoms with Crippen molar-refractivity contribution in [2.24, 2.45) is 11.8 Å². The topological polar surface area (TPSA) is 81.3 Å². The quantitative estimate of drug-likeness (QED) is 0.171. The second-order valence-corrected chi connectivity index (χ2v) is 12.5. The highest BCUT2D eigenvalue weighted by atomic mass is 19.1. The molecule has 0 saturated carbocycles. The lowest BCUT2D eigenvalue weighted by atomic mass is 9.74. The molecule has 1 amide bonds. The molecule has 2 aromatic rings. The smallest absolute Gasteiger partial charge is 0.240 e. The summed E-state index contributed by atoms with van der Waals surface area (Å²) in [5.41, 5.74) is 5.60. The predicted octanol–water partition coefficient (Wildman–Crippen LogP) is 6.15. The third-order valence-corrected chi connectivity index (χ3v) is 9.61. The molecule has 2 N–H and O–H groups in total. The van der Waals surface area contributed by atoms with Gasteiger partial charge in [0.1, 0.15) is 11.6 Å². The van der Waals surface area contributed by atoms with Gasteiger partial charge in [0, 0.05) is 12.5 Å². The molecule has 5 rings (SSSR count). The van der Waals surface area contributed by atoms with Crippen LogP contribution in [0.25, 0.3) is 0 Å². The Labute approximate surface area is 267 Å². The molecule has 0 aromatic heterocycles. The Morgan fingerprint density at radius 1 is 0.889 bits per heavy atom. The van der Waals surface area contributed by atoms with Gasteiger partial charge in [-0.25, -0.2) is 9.82 Å². The minimum atomic E-state index is -0.228. The molecular weight excluding hydrogens is 573 g/mol. The van der Waals surface area contributed by atoms with E-state index in [1.54, 1.807) is 33.5 Å². The van der Waals surface area contributed by atoms with Crippen LogP contribution < -0.4 is 25.0 Å². The van der Waals surface area contributed by atoms with Crippen LogP contribution in [0.4, 0.5) is 4.39 Å². The van der Waals surface area contributed by atoms with Gasteiger partial charge in [-0.2, -0.15) is 0 Å². The Hall–Kier alpha value is -3.14. The monoisotopic (exact) mass is 623 g/mol. The fourth-order valence-corrected chi connectivity index (χ4v) is 7.11. The number of nitrogens with one attached hydrogen (secondary N) is 2. The molecular formula is C36H50FN3O5. The lowest BCUT2D eigenvalue weighted by Crippen LogP contribution is -2.57. The Morgan fingerprint density at radius 2 is 1.64 bits per heavy atom. The largest absolute Gasteiger partial charge is 0.496 e. The summed E-state index contributed by atoms with van der Waals surface area (Å²) in [4.78, 5) is 13.4. The number of rotatable bonds is 16. The Kier molecular flexibility index (Phi) is 12.1. The number of carbonyl (C=O) groups is 1. The fourth-order valence-electron chi connectivity index (χ4n) is 7.11. The zero-order chi connectivity index (χ0) is 31.6. The Morgan fingerprint density at radius 3 is 2.44 bits per heavy atom. The van der Waals surface area contributed by atoms with Crippen molar-refractivity contribution in [3.05, 3.63) is 65.5 Å². The number of aryl methyl sites for hydroxylation is 1. The maximum Gasteiger partial charge on any atom is 0.240 e. The van der Waals surface area contributed by atoms with E-state index in [-0.39, 0.29) is 41.8 Å². The van der Waals surface area contributed by atoms with Crippen molar-refractivity contribution in [3.8, 4) is 17.2 Å². The second kappa shape index (κ2) is 16.4. The van der Waals surface area contributed by atoms with E-state index in [0.29, 0.717) is 18.0 Å². The van der Waals surface area contributed by atoms with E-state index in [1.165, 1.54) is 6.07 Å². The molecule has 2 fully saturated rings. The zero-order valence-electron chi connectivity index (χ0n) is 27.1. The first-order chi connectivity index (χ1) is 22.0. The molecule has 246 valence electrons. The molecule has 2 heterocycles. The minimum absolute atomic E-state index is 0.00224. The average Bonchev–Trinajstić information content (AvgIpc) is 3.53. The highest BCUT2D eigenvalue weighted by Gasteiger charge is 2.43. The van der Waals surface area contributed by atoms with Crippen LogP contribution in [0.2, 0.25) is 0 Å². The molecule has 0 spiro atoms. The number of halogens is 1. The van der Waals surface area contributed by atoms with Gasteiger partial charge in [0.2, 0.25) is 5.91 Å². The first-order valence-corrected chi connectivity index (χ1v) is 16.6. The van der Waals surface area contributed by atoms with Crippen molar-refractivity contribution in [3.63, 3.8) is 0 Å². The predicted molar refractivity (Wildman–Crippen MR) is 173 cm³/mol. The van der Waals surface area contributed by atoms with E-state index in [0.717, 1.165) is 94.2 Å². The SMILES string of the molecule is COc1ccc(F)cc1CCC1CCC(CCNCCCCCN2NC(c3ccc(OC)c(OC)c3)C3CC=CCC3C2=O)O1. The van der Waals surface area contributed by atoms with Crippen molar-refractivity contribution in [1.29, 1.82) is 0 Å². The van der Waals surface area contributed by atoms with Gasteiger partial charge < -0.3 is 24.3 Å². The number of carbonyl (C=O) groups excluding carboxylic acids is 1. The number of amides is 1. The van der Waals surface area contributed by atoms with Crippen LogP contribution in [0.3, 0.4) is 0 Å². The summed E-state index contributed by atoms with van der Waals surface area (Å²) in [6.07, 6.45) is 14.4. The second-order valence-electron chi connectivity index (χ2n) is 12.5. The normalized spacial score (nSPS) is 24.5. The Bertz CT molecular complexity index is 1290. The summed E-state index contributed by atoms with van der Waals surface area (Å²) < 4.78 is 36.3. The molecule has 0 radical (unpaired) electrons. The van der Waals surface area contributed by atoms with Crippen molar-refractivity contribution < 1.29 is 28.1 Å². The molecule has 45 heavy (non-hydrogen) atoms. The van der Waals surface area contributed by atoms with Crippen molar-refractivity contribution in [2.75, 3.05) is 41.0 Å². The molecule has 2 aromatic carbocycles.